The minimum absolute atomic E-state index is 0.0782. The van der Waals surface area contributed by atoms with Gasteiger partial charge in [0.15, 0.2) is 17.3 Å². The van der Waals surface area contributed by atoms with Crippen molar-refractivity contribution in [2.45, 2.75) is 34.2 Å². The van der Waals surface area contributed by atoms with Gasteiger partial charge in [-0.3, -0.25) is 9.59 Å². The summed E-state index contributed by atoms with van der Waals surface area (Å²) in [7, 11) is 1.41. The number of ketones is 1. The van der Waals surface area contributed by atoms with E-state index in [1.54, 1.807) is 30.9 Å². The van der Waals surface area contributed by atoms with E-state index in [9.17, 15) is 14.0 Å². The molecule has 0 saturated carbocycles. The molecule has 1 N–H and O–H groups in total. The molecule has 0 atom stereocenters. The first-order valence-electron chi connectivity index (χ1n) is 8.11. The van der Waals surface area contributed by atoms with Crippen LogP contribution >= 0.6 is 0 Å². The zero-order chi connectivity index (χ0) is 18.7. The highest BCUT2D eigenvalue weighted by molar-refractivity contribution is 6.02. The van der Waals surface area contributed by atoms with Crippen LogP contribution in [0.5, 0.6) is 5.75 Å². The van der Waals surface area contributed by atoms with E-state index in [4.69, 9.17) is 4.74 Å². The Morgan fingerprint density at radius 1 is 1.28 bits per heavy atom. The van der Waals surface area contributed by atoms with Gasteiger partial charge in [0.1, 0.15) is 5.69 Å². The van der Waals surface area contributed by atoms with Crippen LogP contribution in [0.2, 0.25) is 0 Å². The van der Waals surface area contributed by atoms with Gasteiger partial charge in [-0.2, -0.15) is 0 Å². The van der Waals surface area contributed by atoms with Crippen molar-refractivity contribution in [3.05, 3.63) is 52.1 Å². The monoisotopic (exact) mass is 346 g/mol. The second-order valence-corrected chi connectivity index (χ2v) is 5.97. The number of aromatic amines is 1. The van der Waals surface area contributed by atoms with Crippen LogP contribution in [-0.2, 0) is 6.54 Å². The van der Waals surface area contributed by atoms with Crippen LogP contribution in [0.3, 0.4) is 0 Å². The Kier molecular flexibility index (Phi) is 5.62. The van der Waals surface area contributed by atoms with Crippen molar-refractivity contribution < 1.29 is 18.7 Å². The maximum absolute atomic E-state index is 13.9. The SMILES string of the molecule is CCN(Cc1ccc(OC)c(F)c1)C(=O)c1[nH]c(C)c(C(C)=O)c1C. The Morgan fingerprint density at radius 2 is 1.96 bits per heavy atom. The summed E-state index contributed by atoms with van der Waals surface area (Å²) in [4.78, 5) is 29.2. The van der Waals surface area contributed by atoms with Gasteiger partial charge >= 0.3 is 0 Å². The van der Waals surface area contributed by atoms with Crippen molar-refractivity contribution >= 4 is 11.7 Å². The summed E-state index contributed by atoms with van der Waals surface area (Å²) in [6.45, 7) is 7.59. The number of H-pyrrole nitrogens is 1. The molecule has 0 bridgehead atoms. The predicted octanol–water partition coefficient (Wildman–Crippen LogP) is 3.64. The molecule has 0 saturated heterocycles. The van der Waals surface area contributed by atoms with Crippen LogP contribution in [0.1, 0.15) is 51.5 Å². The highest BCUT2D eigenvalue weighted by Crippen LogP contribution is 2.22. The number of aromatic nitrogens is 1. The minimum atomic E-state index is -0.464. The Morgan fingerprint density at radius 3 is 2.44 bits per heavy atom. The predicted molar refractivity (Wildman–Crippen MR) is 93.6 cm³/mol. The molecular formula is C19H23FN2O3. The van der Waals surface area contributed by atoms with Gasteiger partial charge < -0.3 is 14.6 Å². The van der Waals surface area contributed by atoms with Gasteiger partial charge in [0.25, 0.3) is 5.91 Å². The molecule has 134 valence electrons. The molecule has 0 aliphatic carbocycles. The first-order chi connectivity index (χ1) is 11.8. The topological polar surface area (TPSA) is 62.4 Å². The molecule has 2 rings (SSSR count). The Bertz CT molecular complexity index is 811. The van der Waals surface area contributed by atoms with Crippen molar-refractivity contribution in [3.63, 3.8) is 0 Å². The van der Waals surface area contributed by atoms with Gasteiger partial charge in [-0.1, -0.05) is 6.07 Å². The zero-order valence-electron chi connectivity index (χ0n) is 15.2. The third-order valence-electron chi connectivity index (χ3n) is 4.26. The molecule has 1 aromatic heterocycles. The summed E-state index contributed by atoms with van der Waals surface area (Å²) in [5, 5.41) is 0. The maximum Gasteiger partial charge on any atom is 0.270 e. The smallest absolute Gasteiger partial charge is 0.270 e. The highest BCUT2D eigenvalue weighted by atomic mass is 19.1. The molecular weight excluding hydrogens is 323 g/mol. The third kappa shape index (κ3) is 3.73. The zero-order valence-corrected chi connectivity index (χ0v) is 15.2. The second-order valence-electron chi connectivity index (χ2n) is 5.97. The molecule has 0 aliphatic rings. The number of hydrogen-bond donors (Lipinski definition) is 1. The van der Waals surface area contributed by atoms with Crippen LogP contribution in [0.15, 0.2) is 18.2 Å². The number of methoxy groups -OCH3 is 1. The number of aryl methyl sites for hydroxylation is 1. The Labute approximate surface area is 146 Å². The first-order valence-corrected chi connectivity index (χ1v) is 8.11. The standard InChI is InChI=1S/C19H23FN2O3/c1-6-22(10-14-7-8-16(25-5)15(20)9-14)19(24)18-11(2)17(13(4)23)12(3)21-18/h7-9,21H,6,10H2,1-5H3. The van der Waals surface area contributed by atoms with E-state index in [-0.39, 0.29) is 24.0 Å². The van der Waals surface area contributed by atoms with Gasteiger partial charge in [0, 0.05) is 24.3 Å². The Hall–Kier alpha value is -2.63. The number of ether oxygens (including phenoxy) is 1. The first kappa shape index (κ1) is 18.7. The van der Waals surface area contributed by atoms with E-state index in [0.29, 0.717) is 34.6 Å². The molecule has 1 amide bonds. The van der Waals surface area contributed by atoms with Crippen molar-refractivity contribution in [3.8, 4) is 5.75 Å². The van der Waals surface area contributed by atoms with Crippen molar-refractivity contribution in [1.29, 1.82) is 0 Å². The molecule has 6 heteroatoms. The molecule has 25 heavy (non-hydrogen) atoms. The van der Waals surface area contributed by atoms with E-state index in [1.807, 2.05) is 6.92 Å². The van der Waals surface area contributed by atoms with E-state index in [2.05, 4.69) is 4.98 Å². The van der Waals surface area contributed by atoms with Crippen LogP contribution < -0.4 is 4.74 Å². The van der Waals surface area contributed by atoms with Gasteiger partial charge in [0.05, 0.1) is 7.11 Å². The summed E-state index contributed by atoms with van der Waals surface area (Å²) in [5.74, 6) is -0.591. The summed E-state index contributed by atoms with van der Waals surface area (Å²) in [5.41, 5.74) is 2.95. The lowest BCUT2D eigenvalue weighted by Crippen LogP contribution is -2.31. The normalized spacial score (nSPS) is 10.6. The number of hydrogen-bond acceptors (Lipinski definition) is 3. The number of carbonyl (C=O) groups excluding carboxylic acids is 2. The summed E-state index contributed by atoms with van der Waals surface area (Å²) in [6, 6.07) is 4.63. The molecule has 0 spiro atoms. The molecule has 5 nitrogen and oxygen atoms in total. The minimum Gasteiger partial charge on any atom is -0.494 e. The van der Waals surface area contributed by atoms with Gasteiger partial charge in [-0.25, -0.2) is 4.39 Å². The van der Waals surface area contributed by atoms with Crippen LogP contribution in [-0.4, -0.2) is 35.2 Å². The fraction of sp³-hybridized carbons (Fsp3) is 0.368. The fourth-order valence-corrected chi connectivity index (χ4v) is 3.01. The van der Waals surface area contributed by atoms with Crippen LogP contribution in [0, 0.1) is 19.7 Å². The number of carbonyl (C=O) groups is 2. The number of benzene rings is 1. The Balaban J connectivity index is 2.29. The van der Waals surface area contributed by atoms with E-state index in [1.165, 1.54) is 20.1 Å². The third-order valence-corrected chi connectivity index (χ3v) is 4.26. The summed E-state index contributed by atoms with van der Waals surface area (Å²) < 4.78 is 18.8. The molecule has 2 aromatic rings. The number of rotatable bonds is 6. The number of nitrogens with zero attached hydrogens (tertiary/aromatic N) is 1. The number of amides is 1. The number of halogens is 1. The second kappa shape index (κ2) is 7.51. The molecule has 0 fully saturated rings. The lowest BCUT2D eigenvalue weighted by Gasteiger charge is -2.21. The quantitative estimate of drug-likeness (QED) is 0.812. The van der Waals surface area contributed by atoms with Gasteiger partial charge in [-0.15, -0.1) is 0 Å². The van der Waals surface area contributed by atoms with Gasteiger partial charge in [-0.05, 0) is 51.0 Å². The summed E-state index contributed by atoms with van der Waals surface area (Å²) >= 11 is 0. The van der Waals surface area contributed by atoms with Crippen molar-refractivity contribution in [2.75, 3.05) is 13.7 Å². The van der Waals surface area contributed by atoms with E-state index < -0.39 is 5.82 Å². The van der Waals surface area contributed by atoms with Crippen LogP contribution in [0.4, 0.5) is 4.39 Å². The summed E-state index contributed by atoms with van der Waals surface area (Å²) in [6.07, 6.45) is 0. The molecule has 0 radical (unpaired) electrons. The number of nitrogens with one attached hydrogen (secondary N) is 1. The fourth-order valence-electron chi connectivity index (χ4n) is 3.01. The molecule has 1 heterocycles. The van der Waals surface area contributed by atoms with E-state index >= 15 is 0 Å². The molecule has 0 aliphatic heterocycles. The highest BCUT2D eigenvalue weighted by Gasteiger charge is 2.23. The maximum atomic E-state index is 13.9. The van der Waals surface area contributed by atoms with Crippen molar-refractivity contribution in [2.24, 2.45) is 0 Å². The van der Waals surface area contributed by atoms with Crippen molar-refractivity contribution in [1.82, 2.24) is 9.88 Å². The average Bonchev–Trinajstić information content (AvgIpc) is 2.86. The number of Topliss-reactive ketones (excluding diaryl/α,β-unsaturated/α-hetero) is 1. The van der Waals surface area contributed by atoms with Crippen LogP contribution in [0.25, 0.3) is 0 Å². The lowest BCUT2D eigenvalue weighted by atomic mass is 10.1. The molecule has 0 unspecified atom stereocenters. The average molecular weight is 346 g/mol. The van der Waals surface area contributed by atoms with E-state index in [0.717, 1.165) is 0 Å². The molecule has 1 aromatic carbocycles. The lowest BCUT2D eigenvalue weighted by molar-refractivity contribution is 0.0746. The largest absolute Gasteiger partial charge is 0.494 e. The van der Waals surface area contributed by atoms with Gasteiger partial charge in [0.2, 0.25) is 0 Å².